The molecule has 22 heavy (non-hydrogen) atoms. The van der Waals surface area contributed by atoms with Gasteiger partial charge in [0.1, 0.15) is 12.2 Å². The van der Waals surface area contributed by atoms with Crippen LogP contribution in [0.15, 0.2) is 43.0 Å². The molecule has 3 aromatic heterocycles. The van der Waals surface area contributed by atoms with E-state index in [2.05, 4.69) is 20.1 Å². The molecule has 1 saturated carbocycles. The van der Waals surface area contributed by atoms with Crippen LogP contribution in [0.4, 0.5) is 0 Å². The summed E-state index contributed by atoms with van der Waals surface area (Å²) in [6, 6.07) is 8.34. The van der Waals surface area contributed by atoms with Crippen molar-refractivity contribution in [3.63, 3.8) is 0 Å². The zero-order valence-corrected chi connectivity index (χ0v) is 12.1. The number of fused-ring (bicyclic) bond motifs is 1. The van der Waals surface area contributed by atoms with Crippen LogP contribution in [0.2, 0.25) is 0 Å². The van der Waals surface area contributed by atoms with Crippen molar-refractivity contribution in [3.05, 3.63) is 54.4 Å². The fraction of sp³-hybridized carbons (Fsp3) is 0.312. The Bertz CT molecular complexity index is 782. The Labute approximate surface area is 127 Å². The van der Waals surface area contributed by atoms with E-state index in [1.54, 1.807) is 6.33 Å². The van der Waals surface area contributed by atoms with E-state index in [1.807, 2.05) is 41.1 Å². The Morgan fingerprint density at radius 3 is 3.09 bits per heavy atom. The van der Waals surface area contributed by atoms with Crippen molar-refractivity contribution >= 4 is 11.4 Å². The van der Waals surface area contributed by atoms with Gasteiger partial charge in [-0.2, -0.15) is 0 Å². The third kappa shape index (κ3) is 2.47. The lowest BCUT2D eigenvalue weighted by molar-refractivity contribution is 0.0954. The molecule has 3 heterocycles. The Morgan fingerprint density at radius 2 is 2.27 bits per heavy atom. The predicted molar refractivity (Wildman–Crippen MR) is 81.7 cm³/mol. The average Bonchev–Trinajstić information content (AvgIpc) is 3.11. The van der Waals surface area contributed by atoms with Gasteiger partial charge in [0.15, 0.2) is 0 Å². The molecule has 0 atom stereocenters. The Hall–Kier alpha value is -2.63. The van der Waals surface area contributed by atoms with E-state index in [1.165, 1.54) is 12.8 Å². The van der Waals surface area contributed by atoms with Crippen LogP contribution in [-0.2, 0) is 6.42 Å². The minimum absolute atomic E-state index is 0.0545. The van der Waals surface area contributed by atoms with E-state index in [0.29, 0.717) is 24.6 Å². The minimum atomic E-state index is -0.0545. The van der Waals surface area contributed by atoms with Crippen molar-refractivity contribution < 1.29 is 4.79 Å². The lowest BCUT2D eigenvalue weighted by Gasteiger charge is -2.05. The monoisotopic (exact) mass is 295 g/mol. The number of pyridine rings is 1. The summed E-state index contributed by atoms with van der Waals surface area (Å²) in [6.07, 6.45) is 8.68. The van der Waals surface area contributed by atoms with E-state index in [9.17, 15) is 4.79 Å². The maximum Gasteiger partial charge on any atom is 0.252 e. The van der Waals surface area contributed by atoms with Crippen LogP contribution in [0.5, 0.6) is 0 Å². The van der Waals surface area contributed by atoms with Crippen molar-refractivity contribution in [2.24, 2.45) is 0 Å². The van der Waals surface area contributed by atoms with Crippen LogP contribution in [-0.4, -0.2) is 31.6 Å². The standard InChI is InChI=1S/C16H17N5O/c22-16(12-9-14-3-1-2-8-20(14)10-12)17-7-6-15-19-18-11-21(15)13-4-5-13/h1-3,8-11,13H,4-7H2,(H,17,22). The number of hydrogen-bond acceptors (Lipinski definition) is 3. The van der Waals surface area contributed by atoms with E-state index < -0.39 is 0 Å². The van der Waals surface area contributed by atoms with Gasteiger partial charge in [0, 0.05) is 36.9 Å². The first kappa shape index (κ1) is 13.1. The molecular formula is C16H17N5O. The number of nitrogens with zero attached hydrogens (tertiary/aromatic N) is 4. The van der Waals surface area contributed by atoms with Gasteiger partial charge in [0.05, 0.1) is 5.56 Å². The number of nitrogens with one attached hydrogen (secondary N) is 1. The first-order chi connectivity index (χ1) is 10.8. The zero-order valence-electron chi connectivity index (χ0n) is 12.1. The van der Waals surface area contributed by atoms with Crippen molar-refractivity contribution in [1.82, 2.24) is 24.5 Å². The van der Waals surface area contributed by atoms with Crippen LogP contribution in [0, 0.1) is 0 Å². The van der Waals surface area contributed by atoms with Crippen LogP contribution in [0.1, 0.15) is 35.1 Å². The zero-order chi connectivity index (χ0) is 14.9. The highest BCUT2D eigenvalue weighted by Crippen LogP contribution is 2.35. The molecule has 0 radical (unpaired) electrons. The Balaban J connectivity index is 1.38. The molecule has 1 amide bonds. The van der Waals surface area contributed by atoms with E-state index in [0.717, 1.165) is 11.3 Å². The van der Waals surface area contributed by atoms with Gasteiger partial charge >= 0.3 is 0 Å². The fourth-order valence-electron chi connectivity index (χ4n) is 2.67. The van der Waals surface area contributed by atoms with Gasteiger partial charge < -0.3 is 14.3 Å². The average molecular weight is 295 g/mol. The summed E-state index contributed by atoms with van der Waals surface area (Å²) in [5.41, 5.74) is 1.69. The molecule has 0 saturated heterocycles. The lowest BCUT2D eigenvalue weighted by atomic mass is 10.3. The Kier molecular flexibility index (Phi) is 3.14. The summed E-state index contributed by atoms with van der Waals surface area (Å²) in [6.45, 7) is 0.566. The number of amides is 1. The summed E-state index contributed by atoms with van der Waals surface area (Å²) >= 11 is 0. The van der Waals surface area contributed by atoms with Crippen LogP contribution in [0.25, 0.3) is 5.52 Å². The van der Waals surface area contributed by atoms with Gasteiger partial charge in [-0.1, -0.05) is 6.07 Å². The maximum atomic E-state index is 12.2. The number of aromatic nitrogens is 4. The van der Waals surface area contributed by atoms with Crippen LogP contribution < -0.4 is 5.32 Å². The number of carbonyl (C=O) groups excluding carboxylic acids is 1. The van der Waals surface area contributed by atoms with Crippen LogP contribution in [0.3, 0.4) is 0 Å². The van der Waals surface area contributed by atoms with E-state index >= 15 is 0 Å². The molecule has 0 bridgehead atoms. The molecule has 0 unspecified atom stereocenters. The third-order valence-electron chi connectivity index (χ3n) is 3.99. The third-order valence-corrected chi connectivity index (χ3v) is 3.99. The second kappa shape index (κ2) is 5.29. The SMILES string of the molecule is O=C(NCCc1nncn1C1CC1)c1cc2ccccn2c1. The van der Waals surface area contributed by atoms with Gasteiger partial charge in [-0.15, -0.1) is 10.2 Å². The minimum Gasteiger partial charge on any atom is -0.352 e. The molecule has 6 heteroatoms. The molecule has 6 nitrogen and oxygen atoms in total. The molecule has 3 aromatic rings. The first-order valence-electron chi connectivity index (χ1n) is 7.54. The molecule has 0 spiro atoms. The van der Waals surface area contributed by atoms with E-state index in [4.69, 9.17) is 0 Å². The molecular weight excluding hydrogens is 278 g/mol. The molecule has 4 rings (SSSR count). The number of carbonyl (C=O) groups is 1. The quantitative estimate of drug-likeness (QED) is 0.781. The van der Waals surface area contributed by atoms with Gasteiger partial charge in [-0.05, 0) is 31.0 Å². The smallest absolute Gasteiger partial charge is 0.252 e. The molecule has 1 fully saturated rings. The maximum absolute atomic E-state index is 12.2. The van der Waals surface area contributed by atoms with Crippen molar-refractivity contribution in [1.29, 1.82) is 0 Å². The lowest BCUT2D eigenvalue weighted by Crippen LogP contribution is -2.26. The van der Waals surface area contributed by atoms with Crippen LogP contribution >= 0.6 is 0 Å². The molecule has 0 aromatic carbocycles. The fourth-order valence-corrected chi connectivity index (χ4v) is 2.67. The summed E-state index contributed by atoms with van der Waals surface area (Å²) < 4.78 is 4.07. The summed E-state index contributed by atoms with van der Waals surface area (Å²) in [4.78, 5) is 12.2. The Morgan fingerprint density at radius 1 is 1.36 bits per heavy atom. The molecule has 1 aliphatic carbocycles. The molecule has 1 N–H and O–H groups in total. The highest BCUT2D eigenvalue weighted by molar-refractivity contribution is 5.95. The summed E-state index contributed by atoms with van der Waals surface area (Å²) in [5.74, 6) is 0.894. The topological polar surface area (TPSA) is 64.2 Å². The largest absolute Gasteiger partial charge is 0.352 e. The van der Waals surface area contributed by atoms with Gasteiger partial charge in [0.2, 0.25) is 0 Å². The van der Waals surface area contributed by atoms with Gasteiger partial charge in [0.25, 0.3) is 5.91 Å². The normalized spacial score (nSPS) is 14.4. The number of rotatable bonds is 5. The summed E-state index contributed by atoms with van der Waals surface area (Å²) in [7, 11) is 0. The number of hydrogen-bond donors (Lipinski definition) is 1. The second-order valence-corrected chi connectivity index (χ2v) is 5.65. The van der Waals surface area contributed by atoms with E-state index in [-0.39, 0.29) is 5.91 Å². The highest BCUT2D eigenvalue weighted by atomic mass is 16.1. The van der Waals surface area contributed by atoms with Gasteiger partial charge in [-0.25, -0.2) is 0 Å². The van der Waals surface area contributed by atoms with Crippen molar-refractivity contribution in [2.45, 2.75) is 25.3 Å². The second-order valence-electron chi connectivity index (χ2n) is 5.65. The first-order valence-corrected chi connectivity index (χ1v) is 7.54. The predicted octanol–water partition coefficient (Wildman–Crippen LogP) is 1.84. The van der Waals surface area contributed by atoms with Gasteiger partial charge in [-0.3, -0.25) is 4.79 Å². The van der Waals surface area contributed by atoms with Crippen molar-refractivity contribution in [3.8, 4) is 0 Å². The summed E-state index contributed by atoms with van der Waals surface area (Å²) in [5, 5.41) is 11.1. The molecule has 112 valence electrons. The molecule has 0 aliphatic heterocycles. The molecule has 1 aliphatic rings. The highest BCUT2D eigenvalue weighted by Gasteiger charge is 2.25. The van der Waals surface area contributed by atoms with Crippen molar-refractivity contribution in [2.75, 3.05) is 6.54 Å².